The molecule has 2 aromatic rings. The van der Waals surface area contributed by atoms with Gasteiger partial charge in [-0.25, -0.2) is 27.5 Å². The molecule has 2 unspecified atom stereocenters. The van der Waals surface area contributed by atoms with Crippen molar-refractivity contribution in [2.75, 3.05) is 24.7 Å². The second-order valence-electron chi connectivity index (χ2n) is 6.30. The van der Waals surface area contributed by atoms with Crippen molar-refractivity contribution in [1.29, 1.82) is 0 Å². The molecule has 1 saturated heterocycles. The maximum absolute atomic E-state index is 11.9. The molecule has 2 heterocycles. The predicted octanol–water partition coefficient (Wildman–Crippen LogP) is -0.177. The Hall–Kier alpha value is -2.83. The van der Waals surface area contributed by atoms with Gasteiger partial charge < -0.3 is 10.4 Å². The highest BCUT2D eigenvalue weighted by Crippen LogP contribution is 2.31. The molecule has 0 spiro atoms. The van der Waals surface area contributed by atoms with Crippen molar-refractivity contribution in [3.05, 3.63) is 40.3 Å². The molecule has 0 radical (unpaired) electrons. The van der Waals surface area contributed by atoms with Crippen LogP contribution in [0.2, 0.25) is 0 Å². The van der Waals surface area contributed by atoms with E-state index in [0.717, 1.165) is 0 Å². The Morgan fingerprint density at radius 2 is 2.00 bits per heavy atom. The summed E-state index contributed by atoms with van der Waals surface area (Å²) in [5, 5.41) is 11.8. The van der Waals surface area contributed by atoms with Crippen molar-refractivity contribution in [2.45, 2.75) is 13.1 Å². The number of H-pyrrole nitrogens is 1. The van der Waals surface area contributed by atoms with E-state index in [4.69, 9.17) is 5.11 Å². The molecule has 3 rings (SSSR count). The molecule has 1 aliphatic heterocycles. The van der Waals surface area contributed by atoms with Crippen LogP contribution < -0.4 is 20.2 Å². The number of carbonyl (C=O) groups is 1. The normalized spacial score (nSPS) is 21.6. The van der Waals surface area contributed by atoms with Gasteiger partial charge in [-0.1, -0.05) is 0 Å². The molecule has 11 nitrogen and oxygen atoms in total. The summed E-state index contributed by atoms with van der Waals surface area (Å²) in [5.74, 6) is -0.789. The number of aromatic carboxylic acids is 1. The van der Waals surface area contributed by atoms with Gasteiger partial charge in [0.05, 0.1) is 18.4 Å². The fourth-order valence-electron chi connectivity index (χ4n) is 2.49. The number of aromatic amines is 1. The number of nitrogens with one attached hydrogen (secondary N) is 3. The van der Waals surface area contributed by atoms with Gasteiger partial charge in [0, 0.05) is 5.69 Å². The number of sulfonamides is 1. The van der Waals surface area contributed by atoms with Gasteiger partial charge in [0.25, 0.3) is 0 Å². The molecule has 1 aromatic heterocycles. The smallest absolute Gasteiger partial charge is 0.353 e. The number of hydrogen-bond donors (Lipinski definition) is 4. The molecular weight excluding hydrogens is 376 g/mol. The molecule has 0 amide bonds. The Kier molecular flexibility index (Phi) is 4.71. The summed E-state index contributed by atoms with van der Waals surface area (Å²) in [5.41, 5.74) is 0.00233. The van der Waals surface area contributed by atoms with Gasteiger partial charge in [-0.15, -0.1) is 4.98 Å². The minimum absolute atomic E-state index is 0.0279. The van der Waals surface area contributed by atoms with Crippen molar-refractivity contribution in [2.24, 2.45) is 0 Å². The van der Waals surface area contributed by atoms with E-state index in [-0.39, 0.29) is 27.7 Å². The molecule has 1 aromatic carbocycles. The summed E-state index contributed by atoms with van der Waals surface area (Å²) >= 11 is 0. The predicted molar refractivity (Wildman–Crippen MR) is 98.3 cm³/mol. The first-order chi connectivity index (χ1) is 12.6. The fraction of sp³-hybridized carbons (Fsp3) is 0.333. The van der Waals surface area contributed by atoms with Crippen LogP contribution in [0.3, 0.4) is 0 Å². The summed E-state index contributed by atoms with van der Waals surface area (Å²) in [6.45, 7) is 1.98. The lowest BCUT2D eigenvalue weighted by molar-refractivity contribution is 0.0697. The van der Waals surface area contributed by atoms with Crippen LogP contribution in [0, 0.1) is 0 Å². The molecule has 2 atom stereocenters. The molecule has 27 heavy (non-hydrogen) atoms. The van der Waals surface area contributed by atoms with E-state index in [1.165, 1.54) is 24.3 Å². The SMILES string of the molecule is CCS(=O)(=O)NC1C[N+]1(C)c1nc(Nc2ccc(C(=O)O)cc2)nc(=O)[nH]1. The van der Waals surface area contributed by atoms with Crippen LogP contribution in [0.4, 0.5) is 17.6 Å². The van der Waals surface area contributed by atoms with Crippen LogP contribution in [-0.4, -0.2) is 60.0 Å². The average molecular weight is 395 g/mol. The van der Waals surface area contributed by atoms with Gasteiger partial charge in [0.1, 0.15) is 0 Å². The third-order valence-corrected chi connectivity index (χ3v) is 5.70. The van der Waals surface area contributed by atoms with Crippen molar-refractivity contribution in [3.8, 4) is 0 Å². The summed E-state index contributed by atoms with van der Waals surface area (Å²) < 4.78 is 26.1. The second-order valence-corrected chi connectivity index (χ2v) is 8.34. The number of carboxylic acids is 1. The minimum Gasteiger partial charge on any atom is -0.478 e. The third kappa shape index (κ3) is 4.13. The Balaban J connectivity index is 1.81. The van der Waals surface area contributed by atoms with Crippen molar-refractivity contribution >= 4 is 33.6 Å². The number of hydrogen-bond acceptors (Lipinski definition) is 7. The Morgan fingerprint density at radius 1 is 1.33 bits per heavy atom. The quantitative estimate of drug-likeness (QED) is 0.372. The summed E-state index contributed by atoms with van der Waals surface area (Å²) in [7, 11) is -1.64. The maximum Gasteiger partial charge on any atom is 0.353 e. The largest absolute Gasteiger partial charge is 0.478 e. The summed E-state index contributed by atoms with van der Waals surface area (Å²) in [6.07, 6.45) is -0.414. The number of quaternary nitrogens is 1. The first-order valence-electron chi connectivity index (χ1n) is 8.07. The number of carboxylic acid groups (broad SMARTS) is 1. The van der Waals surface area contributed by atoms with Crippen molar-refractivity contribution < 1.29 is 18.3 Å². The molecule has 12 heteroatoms. The molecule has 4 N–H and O–H groups in total. The average Bonchev–Trinajstić information content (AvgIpc) is 3.25. The van der Waals surface area contributed by atoms with Crippen LogP contribution in [-0.2, 0) is 10.0 Å². The second kappa shape index (κ2) is 6.72. The van der Waals surface area contributed by atoms with Gasteiger partial charge in [-0.05, 0) is 31.2 Å². The Morgan fingerprint density at radius 3 is 2.59 bits per heavy atom. The Labute approximate surface area is 154 Å². The lowest BCUT2D eigenvalue weighted by Crippen LogP contribution is -2.38. The highest BCUT2D eigenvalue weighted by Gasteiger charge is 2.57. The molecular formula is C15H19N6O5S+. The van der Waals surface area contributed by atoms with Gasteiger partial charge in [0.2, 0.25) is 22.1 Å². The van der Waals surface area contributed by atoms with E-state index in [1.807, 2.05) is 0 Å². The topological polar surface area (TPSA) is 154 Å². The standard InChI is InChI=1S/C15H18N6O5S/c1-3-27(25,26)20-11-8-21(11,2)14-17-13(18-15(24)19-14)16-10-6-4-9(5-7-10)12(22)23/h4-7,11,20H,3,8H2,1-2H3,(H2-,16,17,18,19,22,23,24)/p+1. The lowest BCUT2D eigenvalue weighted by atomic mass is 10.2. The maximum atomic E-state index is 11.9. The molecule has 0 aliphatic carbocycles. The zero-order valence-electron chi connectivity index (χ0n) is 14.6. The van der Waals surface area contributed by atoms with E-state index in [0.29, 0.717) is 12.2 Å². The summed E-state index contributed by atoms with van der Waals surface area (Å²) in [6, 6.07) is 5.87. The van der Waals surface area contributed by atoms with E-state index in [1.54, 1.807) is 14.0 Å². The molecule has 1 aliphatic rings. The minimum atomic E-state index is -3.38. The number of benzene rings is 1. The fourth-order valence-corrected chi connectivity index (χ4v) is 3.37. The van der Waals surface area contributed by atoms with E-state index in [9.17, 15) is 18.0 Å². The Bertz CT molecular complexity index is 1040. The van der Waals surface area contributed by atoms with E-state index in [2.05, 4.69) is 25.0 Å². The monoisotopic (exact) mass is 395 g/mol. The van der Waals surface area contributed by atoms with Crippen LogP contribution in [0.5, 0.6) is 0 Å². The van der Waals surface area contributed by atoms with E-state index < -0.39 is 27.8 Å². The van der Waals surface area contributed by atoms with Crippen LogP contribution in [0.25, 0.3) is 0 Å². The third-order valence-electron chi connectivity index (χ3n) is 4.31. The number of anilines is 2. The van der Waals surface area contributed by atoms with Gasteiger partial charge in [-0.3, -0.25) is 0 Å². The van der Waals surface area contributed by atoms with Crippen molar-refractivity contribution in [1.82, 2.24) is 24.2 Å². The number of nitrogens with zero attached hydrogens (tertiary/aromatic N) is 3. The van der Waals surface area contributed by atoms with Crippen LogP contribution >= 0.6 is 0 Å². The highest BCUT2D eigenvalue weighted by molar-refractivity contribution is 7.89. The number of rotatable bonds is 7. The molecule has 1 fully saturated rings. The van der Waals surface area contributed by atoms with Gasteiger partial charge >= 0.3 is 17.6 Å². The molecule has 0 saturated carbocycles. The number of likely N-dealkylation sites (N-methyl/N-ethyl adjacent to an activating group) is 1. The summed E-state index contributed by atoms with van der Waals surface area (Å²) in [4.78, 5) is 33.3. The van der Waals surface area contributed by atoms with Crippen LogP contribution in [0.1, 0.15) is 17.3 Å². The first-order valence-corrected chi connectivity index (χ1v) is 9.73. The molecule has 0 bridgehead atoms. The van der Waals surface area contributed by atoms with Crippen molar-refractivity contribution in [3.63, 3.8) is 0 Å². The number of aromatic nitrogens is 3. The van der Waals surface area contributed by atoms with E-state index >= 15 is 0 Å². The van der Waals surface area contributed by atoms with Gasteiger partial charge in [0.15, 0.2) is 6.54 Å². The first kappa shape index (κ1) is 18.9. The zero-order valence-corrected chi connectivity index (χ0v) is 15.4. The zero-order chi connectivity index (χ0) is 19.8. The lowest BCUT2D eigenvalue weighted by Gasteiger charge is -2.13. The van der Waals surface area contributed by atoms with Gasteiger partial charge in [-0.2, -0.15) is 9.71 Å². The highest BCUT2D eigenvalue weighted by atomic mass is 32.2. The van der Waals surface area contributed by atoms with Crippen LogP contribution in [0.15, 0.2) is 29.1 Å². The molecule has 144 valence electrons.